The van der Waals surface area contributed by atoms with Crippen molar-refractivity contribution in [2.45, 2.75) is 56.6 Å². The lowest BCUT2D eigenvalue weighted by Crippen LogP contribution is -2.61. The maximum atomic E-state index is 13.0. The Morgan fingerprint density at radius 1 is 0.750 bits per heavy atom. The van der Waals surface area contributed by atoms with Crippen LogP contribution in [0.3, 0.4) is 0 Å². The van der Waals surface area contributed by atoms with Crippen molar-refractivity contribution in [3.63, 3.8) is 0 Å². The Kier molecular flexibility index (Phi) is 7.37. The first-order valence-electron chi connectivity index (χ1n) is 6.53. The number of ether oxygens (including phenoxy) is 1. The van der Waals surface area contributed by atoms with E-state index in [0.29, 0.717) is 19.3 Å². The first-order valence-corrected chi connectivity index (χ1v) is 6.53. The summed E-state index contributed by atoms with van der Waals surface area (Å²) in [5.41, 5.74) is 0. The van der Waals surface area contributed by atoms with Crippen LogP contribution < -0.4 is 0 Å². The van der Waals surface area contributed by atoms with Gasteiger partial charge in [-0.05, 0) is 6.42 Å². The van der Waals surface area contributed by atoms with Crippen LogP contribution in [-0.2, 0) is 4.74 Å². The monoisotopic (exact) mass is 382 g/mol. The van der Waals surface area contributed by atoms with Crippen LogP contribution >= 0.6 is 0 Å². The van der Waals surface area contributed by atoms with Crippen LogP contribution in [0.25, 0.3) is 0 Å². The number of alkyl halides is 9. The Morgan fingerprint density at radius 2 is 1.25 bits per heavy atom. The van der Waals surface area contributed by atoms with E-state index in [1.54, 1.807) is 6.92 Å². The molecule has 0 aliphatic carbocycles. The smallest absolute Gasteiger partial charge is 0.460 e. The van der Waals surface area contributed by atoms with Crippen molar-refractivity contribution in [2.24, 2.45) is 0 Å². The van der Waals surface area contributed by atoms with Gasteiger partial charge in [-0.2, -0.15) is 48.3 Å². The second kappa shape index (κ2) is 7.77. The fourth-order valence-corrected chi connectivity index (χ4v) is 1.39. The zero-order chi connectivity index (χ0) is 19.4. The van der Waals surface area contributed by atoms with Crippen molar-refractivity contribution < 1.29 is 53.0 Å². The van der Waals surface area contributed by atoms with E-state index in [2.05, 4.69) is 4.74 Å². The molecule has 0 heterocycles. The molecule has 0 saturated heterocycles. The molecule has 0 spiro atoms. The van der Waals surface area contributed by atoms with Gasteiger partial charge in [-0.3, -0.25) is 0 Å². The minimum Gasteiger partial charge on any atom is -0.469 e. The quantitative estimate of drug-likeness (QED) is 0.264. The topological polar surface area (TPSA) is 9.23 Å². The van der Waals surface area contributed by atoms with Crippen LogP contribution in [0.1, 0.15) is 32.6 Å². The Hall–Kier alpha value is -1.23. The lowest BCUT2D eigenvalue weighted by molar-refractivity contribution is -0.392. The largest absolute Gasteiger partial charge is 0.469 e. The second-order valence-corrected chi connectivity index (χ2v) is 4.72. The van der Waals surface area contributed by atoms with Crippen molar-refractivity contribution in [1.82, 2.24) is 0 Å². The Morgan fingerprint density at radius 3 is 1.67 bits per heavy atom. The van der Waals surface area contributed by atoms with Gasteiger partial charge in [-0.1, -0.05) is 26.2 Å². The molecule has 0 aromatic carbocycles. The minimum atomic E-state index is -7.30. The molecule has 0 aliphatic heterocycles. The van der Waals surface area contributed by atoms with Gasteiger partial charge < -0.3 is 4.74 Å². The number of hydrogen-bond acceptors (Lipinski definition) is 1. The lowest BCUT2D eigenvalue weighted by atomic mass is 10.0. The molecule has 0 saturated carbocycles. The molecule has 0 atom stereocenters. The molecule has 0 fully saturated rings. The molecule has 1 nitrogen and oxygen atoms in total. The Labute approximate surface area is 129 Å². The molecule has 0 N–H and O–H groups in total. The molecule has 0 aromatic rings. The average Bonchev–Trinajstić information content (AvgIpc) is 2.44. The van der Waals surface area contributed by atoms with E-state index in [-0.39, 0.29) is 6.42 Å². The zero-order valence-electron chi connectivity index (χ0n) is 12.1. The molecule has 0 radical (unpaired) electrons. The Bertz CT molecular complexity index is 439. The first-order chi connectivity index (χ1) is 10.6. The maximum absolute atomic E-state index is 13.0. The molecule has 24 heavy (non-hydrogen) atoms. The van der Waals surface area contributed by atoms with Gasteiger partial charge in [0.05, 0.1) is 6.61 Å². The number of unbranched alkanes of at least 4 members (excludes halogenated alkanes) is 3. The molecule has 12 heteroatoms. The minimum absolute atomic E-state index is 0.00475. The fourth-order valence-electron chi connectivity index (χ4n) is 1.39. The van der Waals surface area contributed by atoms with Gasteiger partial charge in [0.25, 0.3) is 0 Å². The normalized spacial score (nSPS) is 15.3. The van der Waals surface area contributed by atoms with E-state index >= 15 is 0 Å². The molecule has 0 amide bonds. The summed E-state index contributed by atoms with van der Waals surface area (Å²) in [4.78, 5) is 0. The van der Waals surface area contributed by atoms with E-state index in [4.69, 9.17) is 0 Å². The molecule has 0 bridgehead atoms. The zero-order valence-corrected chi connectivity index (χ0v) is 12.1. The summed E-state index contributed by atoms with van der Waals surface area (Å²) >= 11 is 0. The standard InChI is InChI=1S/C12H13F11O/c1-2-3-4-5-6-24-8(14)7(13)9(15,16)10(17,18)11(19,20)12(21,22)23/h2-6H2,1H3. The predicted molar refractivity (Wildman–Crippen MR) is 60.2 cm³/mol. The third-order valence-electron chi connectivity index (χ3n) is 2.82. The molecule has 144 valence electrons. The number of hydrogen-bond donors (Lipinski definition) is 0. The van der Waals surface area contributed by atoms with Gasteiger partial charge in [0.1, 0.15) is 0 Å². The summed E-state index contributed by atoms with van der Waals surface area (Å²) in [6, 6.07) is -2.98. The highest BCUT2D eigenvalue weighted by Gasteiger charge is 2.83. The molecule has 0 unspecified atom stereocenters. The maximum Gasteiger partial charge on any atom is 0.460 e. The predicted octanol–water partition coefficient (Wildman–Crippen LogP) is 6.16. The lowest BCUT2D eigenvalue weighted by Gasteiger charge is -2.32. The van der Waals surface area contributed by atoms with E-state index in [9.17, 15) is 48.3 Å². The molecule has 0 aliphatic rings. The van der Waals surface area contributed by atoms with Crippen LogP contribution in [-0.4, -0.2) is 30.6 Å². The van der Waals surface area contributed by atoms with Crippen LogP contribution in [0.4, 0.5) is 48.3 Å². The van der Waals surface area contributed by atoms with E-state index in [1.165, 1.54) is 0 Å². The summed E-state index contributed by atoms with van der Waals surface area (Å²) in [6.45, 7) is 1.01. The van der Waals surface area contributed by atoms with Crippen molar-refractivity contribution in [3.05, 3.63) is 11.8 Å². The first kappa shape index (κ1) is 22.8. The summed E-state index contributed by atoms with van der Waals surface area (Å²) in [5, 5.41) is 0. The third kappa shape index (κ3) is 4.44. The third-order valence-corrected chi connectivity index (χ3v) is 2.82. The second-order valence-electron chi connectivity index (χ2n) is 4.72. The highest BCUT2D eigenvalue weighted by atomic mass is 19.4. The van der Waals surface area contributed by atoms with Gasteiger partial charge in [0.2, 0.25) is 5.83 Å². The van der Waals surface area contributed by atoms with Gasteiger partial charge in [0.15, 0.2) is 0 Å². The Balaban J connectivity index is 5.35. The van der Waals surface area contributed by atoms with E-state index in [1.807, 2.05) is 0 Å². The van der Waals surface area contributed by atoms with Crippen LogP contribution in [0.15, 0.2) is 11.8 Å². The molecular formula is C12H13F11O. The van der Waals surface area contributed by atoms with Crippen LogP contribution in [0, 0.1) is 0 Å². The van der Waals surface area contributed by atoms with Gasteiger partial charge in [-0.15, -0.1) is 0 Å². The molecule has 0 rings (SSSR count). The average molecular weight is 382 g/mol. The van der Waals surface area contributed by atoms with Crippen LogP contribution in [0.5, 0.6) is 0 Å². The van der Waals surface area contributed by atoms with Crippen molar-refractivity contribution in [2.75, 3.05) is 6.61 Å². The molecule has 0 aromatic heterocycles. The van der Waals surface area contributed by atoms with Crippen LogP contribution in [0.2, 0.25) is 0 Å². The molecular weight excluding hydrogens is 369 g/mol. The highest BCUT2D eigenvalue weighted by Crippen LogP contribution is 2.55. The number of rotatable bonds is 9. The SMILES string of the molecule is CCCCCCOC(F)=C(F)C(F)(F)C(F)(F)C(F)(F)C(F)(F)F. The number of halogens is 11. The van der Waals surface area contributed by atoms with E-state index in [0.717, 1.165) is 0 Å². The van der Waals surface area contributed by atoms with E-state index < -0.39 is 42.4 Å². The van der Waals surface area contributed by atoms with Crippen molar-refractivity contribution in [3.8, 4) is 0 Å². The van der Waals surface area contributed by atoms with Gasteiger partial charge in [-0.25, -0.2) is 0 Å². The van der Waals surface area contributed by atoms with Crippen molar-refractivity contribution in [1.29, 1.82) is 0 Å². The summed E-state index contributed by atoms with van der Waals surface area (Å²) in [6.07, 6.45) is -5.44. The summed E-state index contributed by atoms with van der Waals surface area (Å²) in [7, 11) is 0. The van der Waals surface area contributed by atoms with Gasteiger partial charge >= 0.3 is 30.0 Å². The summed E-state index contributed by atoms with van der Waals surface area (Å²) < 4.78 is 142. The van der Waals surface area contributed by atoms with Crippen molar-refractivity contribution >= 4 is 0 Å². The fraction of sp³-hybridized carbons (Fsp3) is 0.833. The summed E-state index contributed by atoms with van der Waals surface area (Å²) in [5.74, 6) is -25.2. The van der Waals surface area contributed by atoms with Gasteiger partial charge in [0, 0.05) is 0 Å². The highest BCUT2D eigenvalue weighted by molar-refractivity contribution is 5.16. The number of allylic oxidation sites excluding steroid dienone is 1.